The second-order valence-corrected chi connectivity index (χ2v) is 23.5. The fraction of sp³-hybridized carbons (Fsp3) is 0.910. The lowest BCUT2D eigenvalue weighted by Crippen LogP contribution is -2.60. The molecule has 0 bridgehead atoms. The highest BCUT2D eigenvalue weighted by Crippen LogP contribution is 2.23. The Morgan fingerprint density at radius 3 is 1.27 bits per heavy atom. The summed E-state index contributed by atoms with van der Waals surface area (Å²) in [5, 5.41) is 54.4. The number of allylic oxidation sites excluding steroid dienone is 3. The maximum Gasteiger partial charge on any atom is 0.305 e. The van der Waals surface area contributed by atoms with E-state index >= 15 is 0 Å². The van der Waals surface area contributed by atoms with Crippen LogP contribution in [0.25, 0.3) is 0 Å². The highest BCUT2D eigenvalue weighted by Gasteiger charge is 2.44. The molecule has 0 saturated carbocycles. The van der Waals surface area contributed by atoms with Crippen LogP contribution in [0.2, 0.25) is 0 Å². The number of amides is 1. The molecule has 1 rings (SSSR count). The van der Waals surface area contributed by atoms with Crippen LogP contribution in [0.5, 0.6) is 0 Å². The van der Waals surface area contributed by atoms with E-state index in [9.17, 15) is 35.1 Å². The van der Waals surface area contributed by atoms with Crippen LogP contribution >= 0.6 is 0 Å². The molecule has 11 nitrogen and oxygen atoms in total. The van der Waals surface area contributed by atoms with Gasteiger partial charge in [0.05, 0.1) is 32.0 Å². The molecule has 0 aromatic carbocycles. The van der Waals surface area contributed by atoms with E-state index in [1.165, 1.54) is 244 Å². The highest BCUT2D eigenvalue weighted by molar-refractivity contribution is 5.76. The topological polar surface area (TPSA) is 175 Å². The zero-order valence-electron chi connectivity index (χ0n) is 50.9. The molecule has 7 atom stereocenters. The van der Waals surface area contributed by atoms with Gasteiger partial charge in [-0.1, -0.05) is 295 Å². The van der Waals surface area contributed by atoms with E-state index in [0.717, 1.165) is 57.8 Å². The molecule has 0 aliphatic carbocycles. The zero-order chi connectivity index (χ0) is 56.6. The van der Waals surface area contributed by atoms with Crippen molar-refractivity contribution in [3.05, 3.63) is 24.3 Å². The van der Waals surface area contributed by atoms with Crippen molar-refractivity contribution in [2.75, 3.05) is 19.8 Å². The van der Waals surface area contributed by atoms with Crippen molar-refractivity contribution in [2.24, 2.45) is 0 Å². The molecule has 11 heteroatoms. The second-order valence-electron chi connectivity index (χ2n) is 23.5. The maximum atomic E-state index is 13.0. The number of carbonyl (C=O) groups excluding carboxylic acids is 2. The molecule has 460 valence electrons. The average Bonchev–Trinajstić information content (AvgIpc) is 3.44. The molecular formula is C67H127NO10. The molecule has 0 radical (unpaired) electrons. The van der Waals surface area contributed by atoms with Gasteiger partial charge in [0, 0.05) is 12.8 Å². The lowest BCUT2D eigenvalue weighted by molar-refractivity contribution is -0.302. The average molecular weight is 1110 g/mol. The smallest absolute Gasteiger partial charge is 0.305 e. The fourth-order valence-electron chi connectivity index (χ4n) is 10.7. The first-order chi connectivity index (χ1) is 38.2. The number of hydrogen-bond acceptors (Lipinski definition) is 10. The summed E-state index contributed by atoms with van der Waals surface area (Å²) in [7, 11) is 0. The van der Waals surface area contributed by atoms with Gasteiger partial charge in [0.1, 0.15) is 24.4 Å². The number of nitrogens with one attached hydrogen (secondary N) is 1. The van der Waals surface area contributed by atoms with Crippen LogP contribution in [0.15, 0.2) is 24.3 Å². The molecule has 1 heterocycles. The summed E-state index contributed by atoms with van der Waals surface area (Å²) in [6.07, 6.45) is 60.2. The Balaban J connectivity index is 1.98. The third-order valence-corrected chi connectivity index (χ3v) is 16.1. The van der Waals surface area contributed by atoms with Crippen molar-refractivity contribution >= 4 is 11.9 Å². The molecule has 0 spiro atoms. The number of rotatable bonds is 59. The van der Waals surface area contributed by atoms with E-state index in [4.69, 9.17) is 14.2 Å². The van der Waals surface area contributed by atoms with Gasteiger partial charge >= 0.3 is 5.97 Å². The predicted molar refractivity (Wildman–Crippen MR) is 324 cm³/mol. The summed E-state index contributed by atoms with van der Waals surface area (Å²) < 4.78 is 16.7. The van der Waals surface area contributed by atoms with Gasteiger partial charge < -0.3 is 45.1 Å². The Morgan fingerprint density at radius 1 is 0.462 bits per heavy atom. The molecule has 0 aromatic rings. The van der Waals surface area contributed by atoms with Gasteiger partial charge in [0.15, 0.2) is 6.29 Å². The molecule has 7 unspecified atom stereocenters. The first kappa shape index (κ1) is 74.2. The Labute approximate surface area is 480 Å². The van der Waals surface area contributed by atoms with Crippen molar-refractivity contribution in [1.82, 2.24) is 5.32 Å². The van der Waals surface area contributed by atoms with E-state index in [0.29, 0.717) is 19.4 Å². The minimum Gasteiger partial charge on any atom is -0.466 e. The fourth-order valence-corrected chi connectivity index (χ4v) is 10.7. The Bertz CT molecular complexity index is 1350. The summed E-state index contributed by atoms with van der Waals surface area (Å²) in [6.45, 7) is 4.34. The van der Waals surface area contributed by atoms with Gasteiger partial charge in [-0.25, -0.2) is 0 Å². The number of unbranched alkanes of at least 4 members (excludes halogenated alkanes) is 43. The molecule has 1 fully saturated rings. The number of aliphatic hydroxyl groups is 5. The lowest BCUT2D eigenvalue weighted by Gasteiger charge is -2.40. The molecule has 1 saturated heterocycles. The Hall–Kier alpha value is -1.86. The molecule has 6 N–H and O–H groups in total. The SMILES string of the molecule is CCCCCCCC/C=C/CC/C=C/C(O)C(COC1OC(CO)C(O)C(O)C1O)NC(=O)CCCCCCCCCCCCCCCCCCCCCCCCCCCCCOC(=O)CCCCCCCCCCCCC. The summed E-state index contributed by atoms with van der Waals surface area (Å²) in [5.74, 6) is -0.180. The molecule has 1 aliphatic heterocycles. The number of esters is 1. The van der Waals surface area contributed by atoms with Gasteiger partial charge in [-0.3, -0.25) is 9.59 Å². The van der Waals surface area contributed by atoms with Gasteiger partial charge in [-0.2, -0.15) is 0 Å². The quantitative estimate of drug-likeness (QED) is 0.0195. The van der Waals surface area contributed by atoms with E-state index in [2.05, 4.69) is 31.3 Å². The van der Waals surface area contributed by atoms with Crippen LogP contribution in [-0.2, 0) is 23.8 Å². The van der Waals surface area contributed by atoms with Crippen molar-refractivity contribution in [2.45, 2.75) is 371 Å². The zero-order valence-corrected chi connectivity index (χ0v) is 50.9. The van der Waals surface area contributed by atoms with Crippen LogP contribution in [0, 0.1) is 0 Å². The molecular weight excluding hydrogens is 979 g/mol. The normalized spacial score (nSPS) is 18.6. The van der Waals surface area contributed by atoms with Crippen LogP contribution in [0.4, 0.5) is 0 Å². The standard InChI is InChI=1S/C67H127NO10/c1-3-5-7-9-11-13-15-34-37-41-45-49-53-60(70)59(58-77-67-66(75)65(74)64(73)61(57-69)78-67)68-62(71)54-50-46-42-38-35-31-29-27-25-23-21-19-17-16-18-20-22-24-26-28-30-32-36-40-44-48-52-56-76-63(72)55-51-47-43-39-33-14-12-10-8-6-4-2/h34,37,49,53,59-61,64-67,69-70,73-75H,3-33,35-36,38-48,50-52,54-58H2,1-2H3,(H,68,71)/b37-34+,53-49+. The summed E-state index contributed by atoms with van der Waals surface area (Å²) >= 11 is 0. The summed E-state index contributed by atoms with van der Waals surface area (Å²) in [5.41, 5.74) is 0. The third-order valence-electron chi connectivity index (χ3n) is 16.1. The van der Waals surface area contributed by atoms with Gasteiger partial charge in [0.25, 0.3) is 0 Å². The summed E-state index contributed by atoms with van der Waals surface area (Å²) in [4.78, 5) is 25.1. The van der Waals surface area contributed by atoms with E-state index < -0.39 is 49.5 Å². The second kappa shape index (κ2) is 57.0. The minimum absolute atomic E-state index is 0.00826. The Kier molecular flexibility index (Phi) is 54.2. The predicted octanol–water partition coefficient (Wildman–Crippen LogP) is 16.5. The van der Waals surface area contributed by atoms with Crippen molar-refractivity contribution in [1.29, 1.82) is 0 Å². The van der Waals surface area contributed by atoms with E-state index in [1.54, 1.807) is 6.08 Å². The minimum atomic E-state index is -1.57. The van der Waals surface area contributed by atoms with Crippen molar-refractivity contribution in [3.8, 4) is 0 Å². The van der Waals surface area contributed by atoms with E-state index in [-0.39, 0.29) is 18.5 Å². The van der Waals surface area contributed by atoms with Gasteiger partial charge in [-0.15, -0.1) is 0 Å². The van der Waals surface area contributed by atoms with Crippen LogP contribution in [0.3, 0.4) is 0 Å². The van der Waals surface area contributed by atoms with Crippen LogP contribution in [-0.4, -0.2) is 100 Å². The largest absolute Gasteiger partial charge is 0.466 e. The first-order valence-electron chi connectivity index (χ1n) is 33.6. The molecule has 1 amide bonds. The highest BCUT2D eigenvalue weighted by atomic mass is 16.7. The van der Waals surface area contributed by atoms with Crippen LogP contribution < -0.4 is 5.32 Å². The maximum absolute atomic E-state index is 13.0. The first-order valence-corrected chi connectivity index (χ1v) is 33.6. The molecule has 0 aromatic heterocycles. The van der Waals surface area contributed by atoms with Crippen LogP contribution in [0.1, 0.15) is 328 Å². The number of hydrogen-bond donors (Lipinski definition) is 6. The number of ether oxygens (including phenoxy) is 3. The third kappa shape index (κ3) is 45.7. The number of aliphatic hydroxyl groups excluding tert-OH is 5. The van der Waals surface area contributed by atoms with Gasteiger partial charge in [0.2, 0.25) is 5.91 Å². The molecule has 78 heavy (non-hydrogen) atoms. The Morgan fingerprint density at radius 2 is 0.833 bits per heavy atom. The van der Waals surface area contributed by atoms with Crippen molar-refractivity contribution < 1.29 is 49.3 Å². The van der Waals surface area contributed by atoms with E-state index in [1.807, 2.05) is 6.08 Å². The molecule has 1 aliphatic rings. The number of carbonyl (C=O) groups is 2. The van der Waals surface area contributed by atoms with Gasteiger partial charge in [-0.05, 0) is 44.9 Å². The van der Waals surface area contributed by atoms with Crippen molar-refractivity contribution in [3.63, 3.8) is 0 Å². The summed E-state index contributed by atoms with van der Waals surface area (Å²) in [6, 6.07) is -0.824. The lowest BCUT2D eigenvalue weighted by atomic mass is 9.99. The monoisotopic (exact) mass is 1110 g/mol.